The van der Waals surface area contributed by atoms with Crippen LogP contribution in [-0.2, 0) is 5.41 Å². The molecule has 1 aliphatic heterocycles. The van der Waals surface area contributed by atoms with Crippen LogP contribution >= 0.6 is 0 Å². The molecule has 16 heavy (non-hydrogen) atoms. The molecule has 1 saturated heterocycles. The van der Waals surface area contributed by atoms with E-state index in [9.17, 15) is 4.79 Å². The third kappa shape index (κ3) is 2.03. The van der Waals surface area contributed by atoms with Crippen molar-refractivity contribution in [2.75, 3.05) is 18.0 Å². The van der Waals surface area contributed by atoms with Crippen LogP contribution < -0.4 is 10.2 Å². The molecule has 0 aliphatic carbocycles. The first kappa shape index (κ1) is 11.0. The van der Waals surface area contributed by atoms with Gasteiger partial charge in [-0.15, -0.1) is 0 Å². The van der Waals surface area contributed by atoms with Crippen molar-refractivity contribution >= 4 is 11.7 Å². The fourth-order valence-corrected chi connectivity index (χ4v) is 1.86. The number of nitrogens with one attached hydrogen (secondary N) is 1. The average molecular weight is 218 g/mol. The van der Waals surface area contributed by atoms with Gasteiger partial charge in [-0.05, 0) is 23.1 Å². The molecule has 0 radical (unpaired) electrons. The normalized spacial score (nSPS) is 16.4. The maximum atomic E-state index is 11.5. The van der Waals surface area contributed by atoms with E-state index in [1.165, 1.54) is 5.56 Å². The molecule has 0 spiro atoms. The summed E-state index contributed by atoms with van der Waals surface area (Å²) in [6.07, 6.45) is 0. The van der Waals surface area contributed by atoms with Crippen molar-refractivity contribution < 1.29 is 4.79 Å². The van der Waals surface area contributed by atoms with Crippen LogP contribution in [0.4, 0.5) is 10.5 Å². The van der Waals surface area contributed by atoms with Crippen LogP contribution in [0.15, 0.2) is 24.3 Å². The number of carbonyl (C=O) groups is 1. The zero-order chi connectivity index (χ0) is 11.8. The fraction of sp³-hybridized carbons (Fsp3) is 0.462. The van der Waals surface area contributed by atoms with Gasteiger partial charge in [0.05, 0.1) is 0 Å². The second-order valence-electron chi connectivity index (χ2n) is 5.18. The van der Waals surface area contributed by atoms with Crippen LogP contribution in [0.3, 0.4) is 0 Å². The predicted octanol–water partition coefficient (Wildman–Crippen LogP) is 2.51. The number of nitrogens with zero attached hydrogens (tertiary/aromatic N) is 1. The lowest BCUT2D eigenvalue weighted by Crippen LogP contribution is -2.27. The number of anilines is 1. The molecule has 0 atom stereocenters. The number of amides is 2. The molecule has 1 aliphatic rings. The van der Waals surface area contributed by atoms with Crippen LogP contribution in [0.1, 0.15) is 26.3 Å². The van der Waals surface area contributed by atoms with E-state index in [1.807, 2.05) is 12.1 Å². The highest BCUT2D eigenvalue weighted by atomic mass is 16.2. The molecule has 3 nitrogen and oxygen atoms in total. The standard InChI is InChI=1S/C13H18N2O/c1-13(2,3)10-4-6-11(7-5-10)15-9-8-14-12(15)16/h4-7H,8-9H2,1-3H3,(H,14,16). The van der Waals surface area contributed by atoms with Crippen molar-refractivity contribution in [1.29, 1.82) is 0 Å². The molecule has 1 heterocycles. The monoisotopic (exact) mass is 218 g/mol. The summed E-state index contributed by atoms with van der Waals surface area (Å²) in [5.41, 5.74) is 2.42. The Morgan fingerprint density at radius 2 is 1.81 bits per heavy atom. The molecule has 3 heteroatoms. The van der Waals surface area contributed by atoms with E-state index in [1.54, 1.807) is 4.90 Å². The maximum Gasteiger partial charge on any atom is 0.321 e. The minimum Gasteiger partial charge on any atom is -0.336 e. The van der Waals surface area contributed by atoms with Crippen LogP contribution in [0.25, 0.3) is 0 Å². The molecular weight excluding hydrogens is 200 g/mol. The van der Waals surface area contributed by atoms with E-state index in [2.05, 4.69) is 38.2 Å². The van der Waals surface area contributed by atoms with Crippen molar-refractivity contribution in [3.05, 3.63) is 29.8 Å². The summed E-state index contributed by atoms with van der Waals surface area (Å²) in [7, 11) is 0. The number of benzene rings is 1. The molecular formula is C13H18N2O. The first-order valence-corrected chi connectivity index (χ1v) is 5.64. The average Bonchev–Trinajstić information content (AvgIpc) is 2.63. The van der Waals surface area contributed by atoms with Gasteiger partial charge in [0.2, 0.25) is 0 Å². The highest BCUT2D eigenvalue weighted by Crippen LogP contribution is 2.25. The minimum atomic E-state index is 0.00325. The van der Waals surface area contributed by atoms with Crippen LogP contribution in [0, 0.1) is 0 Å². The van der Waals surface area contributed by atoms with Crippen molar-refractivity contribution in [3.8, 4) is 0 Å². The maximum absolute atomic E-state index is 11.5. The van der Waals surface area contributed by atoms with Crippen LogP contribution in [0.2, 0.25) is 0 Å². The van der Waals surface area contributed by atoms with E-state index in [-0.39, 0.29) is 11.4 Å². The summed E-state index contributed by atoms with van der Waals surface area (Å²) in [6, 6.07) is 8.24. The van der Waals surface area contributed by atoms with Gasteiger partial charge < -0.3 is 5.32 Å². The van der Waals surface area contributed by atoms with Gasteiger partial charge in [0, 0.05) is 18.8 Å². The van der Waals surface area contributed by atoms with E-state index in [0.717, 1.165) is 18.8 Å². The Kier molecular flexibility index (Phi) is 2.62. The molecule has 0 unspecified atom stereocenters. The predicted molar refractivity (Wildman–Crippen MR) is 65.9 cm³/mol. The lowest BCUT2D eigenvalue weighted by atomic mass is 9.87. The quantitative estimate of drug-likeness (QED) is 0.771. The van der Waals surface area contributed by atoms with Crippen molar-refractivity contribution in [3.63, 3.8) is 0 Å². The van der Waals surface area contributed by atoms with Gasteiger partial charge in [0.1, 0.15) is 0 Å². The topological polar surface area (TPSA) is 32.3 Å². The highest BCUT2D eigenvalue weighted by molar-refractivity contribution is 5.93. The van der Waals surface area contributed by atoms with Gasteiger partial charge in [-0.25, -0.2) is 4.79 Å². The first-order valence-electron chi connectivity index (χ1n) is 5.64. The minimum absolute atomic E-state index is 0.00325. The first-order chi connectivity index (χ1) is 7.48. The molecule has 0 saturated carbocycles. The van der Waals surface area contributed by atoms with E-state index in [4.69, 9.17) is 0 Å². The van der Waals surface area contributed by atoms with Crippen molar-refractivity contribution in [2.45, 2.75) is 26.2 Å². The fourth-order valence-electron chi connectivity index (χ4n) is 1.86. The van der Waals surface area contributed by atoms with Gasteiger partial charge >= 0.3 is 6.03 Å². The van der Waals surface area contributed by atoms with Gasteiger partial charge in [-0.1, -0.05) is 32.9 Å². The number of rotatable bonds is 1. The van der Waals surface area contributed by atoms with Crippen LogP contribution in [0.5, 0.6) is 0 Å². The number of hydrogen-bond acceptors (Lipinski definition) is 1. The molecule has 1 aromatic rings. The number of urea groups is 1. The molecule has 0 aromatic heterocycles. The Balaban J connectivity index is 2.22. The van der Waals surface area contributed by atoms with Gasteiger partial charge in [-0.3, -0.25) is 4.90 Å². The van der Waals surface area contributed by atoms with Crippen molar-refractivity contribution in [1.82, 2.24) is 5.32 Å². The third-order valence-corrected chi connectivity index (χ3v) is 2.90. The number of hydrogen-bond donors (Lipinski definition) is 1. The molecule has 0 bridgehead atoms. The summed E-state index contributed by atoms with van der Waals surface area (Å²) in [5.74, 6) is 0. The molecule has 2 amide bonds. The smallest absolute Gasteiger partial charge is 0.321 e. The van der Waals surface area contributed by atoms with Crippen LogP contribution in [-0.4, -0.2) is 19.1 Å². The summed E-state index contributed by atoms with van der Waals surface area (Å²) in [5, 5.41) is 2.80. The van der Waals surface area contributed by atoms with E-state index >= 15 is 0 Å². The third-order valence-electron chi connectivity index (χ3n) is 2.90. The Hall–Kier alpha value is -1.51. The zero-order valence-electron chi connectivity index (χ0n) is 10.1. The Morgan fingerprint density at radius 1 is 1.19 bits per heavy atom. The van der Waals surface area contributed by atoms with Gasteiger partial charge in [0.25, 0.3) is 0 Å². The molecule has 86 valence electrons. The summed E-state index contributed by atoms with van der Waals surface area (Å²) in [6.45, 7) is 8.05. The Morgan fingerprint density at radius 3 is 2.25 bits per heavy atom. The lowest BCUT2D eigenvalue weighted by Gasteiger charge is -2.21. The summed E-state index contributed by atoms with van der Waals surface area (Å²) < 4.78 is 0. The number of carbonyl (C=O) groups excluding carboxylic acids is 1. The van der Waals surface area contributed by atoms with E-state index in [0.29, 0.717) is 0 Å². The molecule has 2 rings (SSSR count). The summed E-state index contributed by atoms with van der Waals surface area (Å²) in [4.78, 5) is 13.2. The van der Waals surface area contributed by atoms with Gasteiger partial charge in [-0.2, -0.15) is 0 Å². The molecule has 1 N–H and O–H groups in total. The van der Waals surface area contributed by atoms with Crippen molar-refractivity contribution in [2.24, 2.45) is 0 Å². The lowest BCUT2D eigenvalue weighted by molar-refractivity contribution is 0.252. The molecule has 1 aromatic carbocycles. The highest BCUT2D eigenvalue weighted by Gasteiger charge is 2.21. The second kappa shape index (κ2) is 3.81. The zero-order valence-corrected chi connectivity index (χ0v) is 10.1. The molecule has 1 fully saturated rings. The van der Waals surface area contributed by atoms with Gasteiger partial charge in [0.15, 0.2) is 0 Å². The summed E-state index contributed by atoms with van der Waals surface area (Å²) >= 11 is 0. The SMILES string of the molecule is CC(C)(C)c1ccc(N2CCNC2=O)cc1. The largest absolute Gasteiger partial charge is 0.336 e. The van der Waals surface area contributed by atoms with E-state index < -0.39 is 0 Å². The second-order valence-corrected chi connectivity index (χ2v) is 5.18. The Labute approximate surface area is 96.5 Å². The Bertz CT molecular complexity index is 389.